The molecule has 16 aliphatic rings. The van der Waals surface area contributed by atoms with Crippen LogP contribution in [0.5, 0.6) is 0 Å². The van der Waals surface area contributed by atoms with E-state index in [1.807, 2.05) is 0 Å². The van der Waals surface area contributed by atoms with Crippen LogP contribution >= 0.6 is 0 Å². The largest absolute Gasteiger partial charge is 0.481 e. The second kappa shape index (κ2) is 21.5. The van der Waals surface area contributed by atoms with Gasteiger partial charge in [0.1, 0.15) is 0 Å². The standard InChI is InChI=1S/C80H100N2O4/c1-50(2)40-60-31-34-75(4)70(84)33-38-79-66-44-57-21-12-13-23-62(57)64-43-54-18-14-22-56(42-54)58-26-28-71(82-49-58)81-39-15-24-61(55-19-10-7-11-20-55)51(3)25-27-63(73(85)86)72-69(83)48-80-68(47-78(60,74(75)79)46-65(64)66)67(79)45-59(76(72,80)5)32-37-77(80)35-29-53(30-36-77)41-52-16-8-6-9-17-52/h6,8-9,12-14,16-18,21-23,26,28,31,42,44,46,50,53,55,59,61,63,66,69-70,72,74,81-84H,3,7,10-11,15,19-20,24-25,27,29-30,32-41,43,45,47-49H2,1-2,4-5H3,(H,85,86). The summed E-state index contributed by atoms with van der Waals surface area (Å²) in [6.45, 7) is 16.6. The van der Waals surface area contributed by atoms with Gasteiger partial charge in [0.15, 0.2) is 0 Å². The van der Waals surface area contributed by atoms with Crippen molar-refractivity contribution >= 4 is 23.2 Å². The molecule has 13 unspecified atom stereocenters. The van der Waals surface area contributed by atoms with E-state index in [9.17, 15) is 20.1 Å². The van der Waals surface area contributed by atoms with Crippen molar-refractivity contribution in [3.05, 3.63) is 171 Å². The molecule has 3 spiro atoms. The summed E-state index contributed by atoms with van der Waals surface area (Å²) in [7, 11) is 0. The Labute approximate surface area is 514 Å². The number of aliphatic hydroxyl groups is 2. The summed E-state index contributed by atoms with van der Waals surface area (Å²) in [4.78, 5) is 14.8. The first-order chi connectivity index (χ1) is 41.6. The molecule has 6 heteroatoms. The number of nitrogens with one attached hydrogen (secondary N) is 2. The number of carboxylic acids is 1. The summed E-state index contributed by atoms with van der Waals surface area (Å²) >= 11 is 0. The van der Waals surface area contributed by atoms with Gasteiger partial charge < -0.3 is 26.0 Å². The van der Waals surface area contributed by atoms with Crippen molar-refractivity contribution < 1.29 is 20.1 Å². The number of hydrogen-bond donors (Lipinski definition) is 5. The maximum atomic E-state index is 14.8. The Morgan fingerprint density at radius 1 is 0.814 bits per heavy atom. The molecule has 5 N–H and O–H groups in total. The monoisotopic (exact) mass is 1150 g/mol. The first-order valence-corrected chi connectivity index (χ1v) is 34.9. The van der Waals surface area contributed by atoms with Gasteiger partial charge in [0, 0.05) is 46.6 Å². The van der Waals surface area contributed by atoms with Gasteiger partial charge in [0.25, 0.3) is 0 Å². The minimum atomic E-state index is -0.727. The van der Waals surface area contributed by atoms with Crippen LogP contribution in [0.3, 0.4) is 0 Å². The van der Waals surface area contributed by atoms with Crippen molar-refractivity contribution in [2.45, 2.75) is 194 Å². The van der Waals surface area contributed by atoms with E-state index in [4.69, 9.17) is 6.58 Å². The molecule has 86 heavy (non-hydrogen) atoms. The Bertz CT molecular complexity index is 3490. The number of benzene rings is 3. The maximum absolute atomic E-state index is 14.8. The molecule has 6 nitrogen and oxygen atoms in total. The number of carbonyl (C=O) groups is 1. The number of allylic oxidation sites excluding steroid dienone is 9. The summed E-state index contributed by atoms with van der Waals surface area (Å²) in [5.41, 5.74) is 12.7. The molecule has 3 aromatic rings. The first-order valence-electron chi connectivity index (χ1n) is 34.9. The normalized spacial score (nSPS) is 40.0. The summed E-state index contributed by atoms with van der Waals surface area (Å²) in [6, 6.07) is 30.0. The molecule has 3 aromatic carbocycles. The molecule has 0 radical (unpaired) electrons. The molecule has 6 aliphatic heterocycles. The zero-order chi connectivity index (χ0) is 59.0. The molecule has 5 saturated carbocycles. The smallest absolute Gasteiger partial charge is 0.306 e. The Kier molecular flexibility index (Phi) is 14.3. The molecule has 19 rings (SSSR count). The third-order valence-electron chi connectivity index (χ3n) is 27.5. The van der Waals surface area contributed by atoms with E-state index in [0.29, 0.717) is 42.9 Å². The summed E-state index contributed by atoms with van der Waals surface area (Å²) < 4.78 is 0. The fourth-order valence-electron chi connectivity index (χ4n) is 24.2. The molecule has 15 bridgehead atoms. The van der Waals surface area contributed by atoms with Gasteiger partial charge in [-0.3, -0.25) is 4.79 Å². The lowest BCUT2D eigenvalue weighted by molar-refractivity contribution is -0.200. The average molecular weight is 1150 g/mol. The molecule has 0 aromatic heterocycles. The molecule has 0 saturated heterocycles. The number of aliphatic carboxylic acids is 1. The molecular weight excluding hydrogens is 1050 g/mol. The van der Waals surface area contributed by atoms with E-state index >= 15 is 0 Å². The van der Waals surface area contributed by atoms with E-state index < -0.39 is 29.5 Å². The predicted octanol–water partition coefficient (Wildman–Crippen LogP) is 15.3. The van der Waals surface area contributed by atoms with Crippen LogP contribution in [0.15, 0.2) is 143 Å². The van der Waals surface area contributed by atoms with Gasteiger partial charge in [0.2, 0.25) is 0 Å². The number of rotatable bonds is 6. The predicted molar refractivity (Wildman–Crippen MR) is 348 cm³/mol. The number of dihydropyridines is 1. The van der Waals surface area contributed by atoms with Crippen LogP contribution in [0.25, 0.3) is 17.2 Å². The van der Waals surface area contributed by atoms with Gasteiger partial charge in [0.05, 0.1) is 23.9 Å². The Hall–Kier alpha value is -5.17. The first kappa shape index (κ1) is 57.3. The van der Waals surface area contributed by atoms with Crippen molar-refractivity contribution in [2.75, 3.05) is 13.1 Å². The quantitative estimate of drug-likeness (QED) is 0.158. The van der Waals surface area contributed by atoms with E-state index in [1.165, 1.54) is 94.4 Å². The Morgan fingerprint density at radius 2 is 1.60 bits per heavy atom. The highest BCUT2D eigenvalue weighted by Crippen LogP contribution is 2.87. The molecular formula is C80H100N2O4. The highest BCUT2D eigenvalue weighted by Gasteiger charge is 2.81. The van der Waals surface area contributed by atoms with Crippen LogP contribution in [0, 0.1) is 85.8 Å². The van der Waals surface area contributed by atoms with Crippen LogP contribution in [-0.2, 0) is 17.6 Å². The molecule has 5 fully saturated rings. The number of hydrogen-bond acceptors (Lipinski definition) is 5. The second-order valence-corrected chi connectivity index (χ2v) is 31.6. The van der Waals surface area contributed by atoms with Crippen molar-refractivity contribution in [2.24, 2.45) is 85.8 Å². The SMILES string of the molecule is C=C1CCC(C(=O)O)C2C(O)CC34C5=C(CC(CCC36CCC(Cc3ccccc3)CC6)C24C)C23CCC(O)C4(C)CC=C(CC(C)C)C(C=C6C(=c7ccccc7=CC62)Cc2cccc(c2)C2=CC=C(NCCCC1C1CCCCC1)NC2)(C5)C43. The topological polar surface area (TPSA) is 102 Å². The molecule has 10 aliphatic carbocycles. The van der Waals surface area contributed by atoms with E-state index in [-0.39, 0.29) is 50.7 Å². The van der Waals surface area contributed by atoms with Crippen LogP contribution in [0.4, 0.5) is 0 Å². The molecule has 454 valence electrons. The molecule has 13 atom stereocenters. The lowest BCUT2D eigenvalue weighted by atomic mass is 9.26. The molecule has 6 heterocycles. The number of carboxylic acid groups (broad SMARTS) is 1. The van der Waals surface area contributed by atoms with Crippen molar-refractivity contribution in [3.8, 4) is 0 Å². The van der Waals surface area contributed by atoms with Crippen LogP contribution in [0.1, 0.15) is 186 Å². The van der Waals surface area contributed by atoms with E-state index in [0.717, 1.165) is 109 Å². The average Bonchev–Trinajstić information content (AvgIpc) is 1.02. The maximum Gasteiger partial charge on any atom is 0.306 e. The zero-order valence-corrected chi connectivity index (χ0v) is 52.6. The van der Waals surface area contributed by atoms with E-state index in [1.54, 1.807) is 16.7 Å². The van der Waals surface area contributed by atoms with Crippen molar-refractivity contribution in [3.63, 3.8) is 0 Å². The van der Waals surface area contributed by atoms with Gasteiger partial charge >= 0.3 is 5.97 Å². The molecule has 0 amide bonds. The summed E-state index contributed by atoms with van der Waals surface area (Å²) in [5, 5.41) is 49.2. The van der Waals surface area contributed by atoms with Crippen molar-refractivity contribution in [1.82, 2.24) is 10.6 Å². The van der Waals surface area contributed by atoms with Gasteiger partial charge in [-0.2, -0.15) is 0 Å². The lowest BCUT2D eigenvalue weighted by Gasteiger charge is -2.77. The van der Waals surface area contributed by atoms with Gasteiger partial charge in [-0.05, 0) is 231 Å². The van der Waals surface area contributed by atoms with Crippen LogP contribution < -0.4 is 21.1 Å². The van der Waals surface area contributed by atoms with Crippen LogP contribution in [0.2, 0.25) is 0 Å². The van der Waals surface area contributed by atoms with Gasteiger partial charge in [-0.15, -0.1) is 0 Å². The third-order valence-corrected chi connectivity index (χ3v) is 27.5. The lowest BCUT2D eigenvalue weighted by Crippen LogP contribution is -2.71. The summed E-state index contributed by atoms with van der Waals surface area (Å²) in [5.74, 6) is 1.86. The summed E-state index contributed by atoms with van der Waals surface area (Å²) in [6.07, 6.45) is 36.3. The van der Waals surface area contributed by atoms with Gasteiger partial charge in [-0.1, -0.05) is 179 Å². The zero-order valence-electron chi connectivity index (χ0n) is 52.6. The Balaban J connectivity index is 0.962. The van der Waals surface area contributed by atoms with Crippen molar-refractivity contribution in [1.29, 1.82) is 0 Å². The minimum Gasteiger partial charge on any atom is -0.481 e. The second-order valence-electron chi connectivity index (χ2n) is 31.6. The van der Waals surface area contributed by atoms with E-state index in [2.05, 4.69) is 148 Å². The van der Waals surface area contributed by atoms with Gasteiger partial charge in [-0.25, -0.2) is 0 Å². The third kappa shape index (κ3) is 8.51. The highest BCUT2D eigenvalue weighted by molar-refractivity contribution is 5.78. The highest BCUT2D eigenvalue weighted by atomic mass is 16.4. The minimum absolute atomic E-state index is 0.0713. The fourth-order valence-corrected chi connectivity index (χ4v) is 24.2. The fraction of sp³-hybridized carbons (Fsp3) is 0.588. The Morgan fingerprint density at radius 3 is 2.38 bits per heavy atom. The van der Waals surface area contributed by atoms with Crippen LogP contribution in [-0.4, -0.2) is 46.6 Å². The number of fused-ring (bicyclic) bond motifs is 1. The number of aliphatic hydroxyl groups excluding tert-OH is 2.